The molecule has 0 fully saturated rings. The minimum atomic E-state index is -0.401. The Bertz CT molecular complexity index is 679. The summed E-state index contributed by atoms with van der Waals surface area (Å²) in [5.74, 6) is 0.0291. The second kappa shape index (κ2) is 7.80. The minimum Gasteiger partial charge on any atom is -0.423 e. The van der Waals surface area contributed by atoms with Gasteiger partial charge < -0.3 is 4.74 Å². The number of rotatable bonds is 6. The summed E-state index contributed by atoms with van der Waals surface area (Å²) in [6, 6.07) is 15.9. The number of nitrogens with zero attached hydrogens (tertiary/aromatic N) is 1. The van der Waals surface area contributed by atoms with Crippen LogP contribution in [0.25, 0.3) is 0 Å². The molecule has 2 rings (SSSR count). The van der Waals surface area contributed by atoms with E-state index >= 15 is 0 Å². The van der Waals surface area contributed by atoms with Gasteiger partial charge >= 0.3 is 5.97 Å². The van der Waals surface area contributed by atoms with E-state index < -0.39 is 5.97 Å². The van der Waals surface area contributed by atoms with Gasteiger partial charge in [0.15, 0.2) is 0 Å². The summed E-state index contributed by atoms with van der Waals surface area (Å²) >= 11 is 0. The molecule has 22 heavy (non-hydrogen) atoms. The number of hydrogen-bond acceptors (Lipinski definition) is 3. The van der Waals surface area contributed by atoms with Crippen LogP contribution in [0.4, 0.5) is 0 Å². The van der Waals surface area contributed by atoms with Crippen molar-refractivity contribution in [2.24, 2.45) is 0 Å². The van der Waals surface area contributed by atoms with Gasteiger partial charge in [-0.05, 0) is 61.2 Å². The van der Waals surface area contributed by atoms with Crippen LogP contribution in [0.2, 0.25) is 0 Å². The molecule has 0 aliphatic carbocycles. The molecule has 0 aliphatic rings. The van der Waals surface area contributed by atoms with Crippen molar-refractivity contribution in [1.29, 1.82) is 5.26 Å². The molecule has 0 amide bonds. The van der Waals surface area contributed by atoms with Gasteiger partial charge in [-0.1, -0.05) is 18.2 Å². The van der Waals surface area contributed by atoms with Crippen LogP contribution in [0.5, 0.6) is 5.75 Å². The third-order valence-electron chi connectivity index (χ3n) is 3.26. The molecule has 2 aromatic carbocycles. The molecule has 0 N–H and O–H groups in total. The highest BCUT2D eigenvalue weighted by atomic mass is 16.5. The van der Waals surface area contributed by atoms with Crippen LogP contribution < -0.4 is 4.74 Å². The van der Waals surface area contributed by atoms with Crippen molar-refractivity contribution in [3.8, 4) is 11.8 Å². The van der Waals surface area contributed by atoms with E-state index in [0.29, 0.717) is 16.9 Å². The first-order valence-corrected chi connectivity index (χ1v) is 7.15. The van der Waals surface area contributed by atoms with Crippen LogP contribution in [-0.4, -0.2) is 5.97 Å². The number of hydrogen-bond donors (Lipinski definition) is 0. The summed E-state index contributed by atoms with van der Waals surface area (Å²) in [5.41, 5.74) is 2.23. The van der Waals surface area contributed by atoms with Crippen LogP contribution in [0.3, 0.4) is 0 Å². The summed E-state index contributed by atoms with van der Waals surface area (Å²) in [5, 5.41) is 8.73. The fourth-order valence-electron chi connectivity index (χ4n) is 2.02. The van der Waals surface area contributed by atoms with Crippen molar-refractivity contribution in [3.63, 3.8) is 0 Å². The van der Waals surface area contributed by atoms with Crippen molar-refractivity contribution >= 4 is 5.97 Å². The lowest BCUT2D eigenvalue weighted by Gasteiger charge is -2.05. The normalized spacial score (nSPS) is 9.77. The molecule has 0 bridgehead atoms. The number of nitriles is 1. The standard InChI is InChI=1S/C19H17NO2/c1-2-3-4-5-15-6-10-17(11-7-15)19(21)22-18-12-8-16(14-20)9-13-18/h2,6-13H,1,3-5H2. The Morgan fingerprint density at radius 3 is 2.41 bits per heavy atom. The Hall–Kier alpha value is -2.86. The Morgan fingerprint density at radius 2 is 1.82 bits per heavy atom. The van der Waals surface area contributed by atoms with E-state index in [4.69, 9.17) is 10.00 Å². The van der Waals surface area contributed by atoms with Gasteiger partial charge in [0.05, 0.1) is 17.2 Å². The molecule has 0 atom stereocenters. The molecule has 0 heterocycles. The van der Waals surface area contributed by atoms with Crippen LogP contribution in [0, 0.1) is 11.3 Å². The summed E-state index contributed by atoms with van der Waals surface area (Å²) in [4.78, 5) is 12.0. The number of benzene rings is 2. The van der Waals surface area contributed by atoms with E-state index in [1.54, 1.807) is 36.4 Å². The zero-order chi connectivity index (χ0) is 15.8. The lowest BCUT2D eigenvalue weighted by atomic mass is 10.1. The molecule has 0 spiro atoms. The smallest absolute Gasteiger partial charge is 0.343 e. The topological polar surface area (TPSA) is 50.1 Å². The predicted molar refractivity (Wildman–Crippen MR) is 85.7 cm³/mol. The maximum absolute atomic E-state index is 12.0. The number of carbonyl (C=O) groups is 1. The third-order valence-corrected chi connectivity index (χ3v) is 3.26. The van der Waals surface area contributed by atoms with Gasteiger partial charge in [0.2, 0.25) is 0 Å². The highest BCUT2D eigenvalue weighted by Crippen LogP contribution is 2.15. The van der Waals surface area contributed by atoms with Gasteiger partial charge in [-0.2, -0.15) is 5.26 Å². The molecule has 0 saturated heterocycles. The summed E-state index contributed by atoms with van der Waals surface area (Å²) in [6.45, 7) is 3.70. The zero-order valence-corrected chi connectivity index (χ0v) is 12.3. The molecule has 0 unspecified atom stereocenters. The molecular weight excluding hydrogens is 274 g/mol. The molecule has 0 aliphatic heterocycles. The number of unbranched alkanes of at least 4 members (excludes halogenated alkanes) is 1. The lowest BCUT2D eigenvalue weighted by molar-refractivity contribution is 0.0735. The molecule has 0 aromatic heterocycles. The van der Waals surface area contributed by atoms with E-state index in [2.05, 4.69) is 6.58 Å². The van der Waals surface area contributed by atoms with Crippen molar-refractivity contribution < 1.29 is 9.53 Å². The molecule has 0 saturated carbocycles. The number of esters is 1. The van der Waals surface area contributed by atoms with Crippen LogP contribution >= 0.6 is 0 Å². The van der Waals surface area contributed by atoms with E-state index in [-0.39, 0.29) is 0 Å². The minimum absolute atomic E-state index is 0.401. The average Bonchev–Trinajstić information content (AvgIpc) is 2.56. The van der Waals surface area contributed by atoms with Crippen molar-refractivity contribution in [2.45, 2.75) is 19.3 Å². The van der Waals surface area contributed by atoms with Crippen LogP contribution in [-0.2, 0) is 6.42 Å². The first-order chi connectivity index (χ1) is 10.7. The lowest BCUT2D eigenvalue weighted by Crippen LogP contribution is -2.08. The Balaban J connectivity index is 1.97. The van der Waals surface area contributed by atoms with Crippen molar-refractivity contribution in [1.82, 2.24) is 0 Å². The summed E-state index contributed by atoms with van der Waals surface area (Å²) in [7, 11) is 0. The predicted octanol–water partition coefficient (Wildman–Crippen LogP) is 4.29. The van der Waals surface area contributed by atoms with Gasteiger partial charge in [0, 0.05) is 0 Å². The fourth-order valence-corrected chi connectivity index (χ4v) is 2.02. The Kier molecular flexibility index (Phi) is 5.50. The number of aryl methyl sites for hydroxylation is 1. The molecule has 3 heteroatoms. The second-order valence-electron chi connectivity index (χ2n) is 4.90. The van der Waals surface area contributed by atoms with Gasteiger partial charge in [0.25, 0.3) is 0 Å². The van der Waals surface area contributed by atoms with Gasteiger partial charge in [0.1, 0.15) is 5.75 Å². The van der Waals surface area contributed by atoms with E-state index in [1.165, 1.54) is 5.56 Å². The fraction of sp³-hybridized carbons (Fsp3) is 0.158. The maximum Gasteiger partial charge on any atom is 0.343 e. The molecular formula is C19H17NO2. The quantitative estimate of drug-likeness (QED) is 0.345. The van der Waals surface area contributed by atoms with Crippen LogP contribution in [0.15, 0.2) is 61.2 Å². The number of ether oxygens (including phenoxy) is 1. The van der Waals surface area contributed by atoms with E-state index in [1.807, 2.05) is 24.3 Å². The van der Waals surface area contributed by atoms with Crippen molar-refractivity contribution in [2.75, 3.05) is 0 Å². The largest absolute Gasteiger partial charge is 0.423 e. The average molecular weight is 291 g/mol. The Morgan fingerprint density at radius 1 is 1.14 bits per heavy atom. The highest BCUT2D eigenvalue weighted by Gasteiger charge is 2.08. The van der Waals surface area contributed by atoms with Gasteiger partial charge in [-0.15, -0.1) is 6.58 Å². The molecule has 110 valence electrons. The second-order valence-corrected chi connectivity index (χ2v) is 4.90. The van der Waals surface area contributed by atoms with E-state index in [0.717, 1.165) is 19.3 Å². The summed E-state index contributed by atoms with van der Waals surface area (Å²) in [6.07, 6.45) is 4.92. The number of carbonyl (C=O) groups excluding carboxylic acids is 1. The molecule has 2 aromatic rings. The van der Waals surface area contributed by atoms with E-state index in [9.17, 15) is 4.79 Å². The van der Waals surface area contributed by atoms with Crippen molar-refractivity contribution in [3.05, 3.63) is 77.9 Å². The van der Waals surface area contributed by atoms with Gasteiger partial charge in [-0.25, -0.2) is 4.79 Å². The first-order valence-electron chi connectivity index (χ1n) is 7.15. The number of allylic oxidation sites excluding steroid dienone is 1. The Labute approximate surface area is 130 Å². The SMILES string of the molecule is C=CCCCc1ccc(C(=O)Oc2ccc(C#N)cc2)cc1. The highest BCUT2D eigenvalue weighted by molar-refractivity contribution is 5.91. The summed E-state index contributed by atoms with van der Waals surface area (Å²) < 4.78 is 5.28. The monoisotopic (exact) mass is 291 g/mol. The third kappa shape index (κ3) is 4.32. The zero-order valence-electron chi connectivity index (χ0n) is 12.3. The van der Waals surface area contributed by atoms with Gasteiger partial charge in [-0.3, -0.25) is 0 Å². The molecule has 3 nitrogen and oxygen atoms in total. The maximum atomic E-state index is 12.0. The van der Waals surface area contributed by atoms with Crippen LogP contribution in [0.1, 0.15) is 34.3 Å². The first kappa shape index (κ1) is 15.5. The molecule has 0 radical (unpaired) electrons.